The molecule has 1 amide bonds. The number of rotatable bonds is 7. The Bertz CT molecular complexity index is 1480. The van der Waals surface area contributed by atoms with E-state index in [9.17, 15) is 13.2 Å². The van der Waals surface area contributed by atoms with Crippen molar-refractivity contribution in [1.82, 2.24) is 24.9 Å². The number of carbonyl (C=O) groups is 1. The molecule has 10 nitrogen and oxygen atoms in total. The molecule has 3 heterocycles. The number of hydrogen-bond donors (Lipinski definition) is 0. The first-order valence-corrected chi connectivity index (χ1v) is 13.8. The van der Waals surface area contributed by atoms with Gasteiger partial charge in [-0.1, -0.05) is 42.5 Å². The highest BCUT2D eigenvalue weighted by Gasteiger charge is 2.34. The molecule has 11 heteroatoms. The molecule has 1 aliphatic heterocycles. The highest BCUT2D eigenvalue weighted by molar-refractivity contribution is 7.85. The second-order valence-corrected chi connectivity index (χ2v) is 10.7. The number of likely N-dealkylation sites (tertiary alicyclic amines) is 1. The van der Waals surface area contributed by atoms with Crippen LogP contribution in [0.4, 0.5) is 0 Å². The van der Waals surface area contributed by atoms with Crippen molar-refractivity contribution in [2.75, 3.05) is 12.8 Å². The maximum atomic E-state index is 13.7. The molecule has 192 valence electrons. The van der Waals surface area contributed by atoms with E-state index in [-0.39, 0.29) is 24.5 Å². The van der Waals surface area contributed by atoms with Gasteiger partial charge in [-0.3, -0.25) is 8.98 Å². The van der Waals surface area contributed by atoms with Crippen LogP contribution in [0.2, 0.25) is 0 Å². The van der Waals surface area contributed by atoms with Crippen molar-refractivity contribution in [1.29, 1.82) is 0 Å². The summed E-state index contributed by atoms with van der Waals surface area (Å²) in [5.41, 5.74) is 2.28. The van der Waals surface area contributed by atoms with Gasteiger partial charge in [-0.2, -0.15) is 23.4 Å². The molecule has 0 radical (unpaired) electrons. The Hall–Kier alpha value is -3.83. The summed E-state index contributed by atoms with van der Waals surface area (Å²) in [7, 11) is -3.66. The minimum atomic E-state index is -3.66. The van der Waals surface area contributed by atoms with Gasteiger partial charge >= 0.3 is 0 Å². The molecule has 2 aromatic heterocycles. The predicted molar refractivity (Wildman–Crippen MR) is 135 cm³/mol. The van der Waals surface area contributed by atoms with E-state index in [0.717, 1.165) is 24.7 Å². The third kappa shape index (κ3) is 5.47. The third-order valence-electron chi connectivity index (χ3n) is 6.42. The fourth-order valence-corrected chi connectivity index (χ4v) is 4.86. The lowest BCUT2D eigenvalue weighted by molar-refractivity contribution is 0.0597. The lowest BCUT2D eigenvalue weighted by Crippen LogP contribution is -2.45. The zero-order valence-corrected chi connectivity index (χ0v) is 21.3. The van der Waals surface area contributed by atoms with Crippen LogP contribution in [0.15, 0.2) is 71.4 Å². The SMILES string of the molecule is CC1CCC(c2nc(COS(C)(=O)=O)c(-c3ccccc3)o2)CN1C(=O)c1ccccc1-n1nccn1. The van der Waals surface area contributed by atoms with Crippen LogP contribution in [0.1, 0.15) is 47.6 Å². The van der Waals surface area contributed by atoms with Gasteiger partial charge in [0.1, 0.15) is 12.3 Å². The van der Waals surface area contributed by atoms with Crippen molar-refractivity contribution in [2.24, 2.45) is 0 Å². The van der Waals surface area contributed by atoms with Gasteiger partial charge < -0.3 is 9.32 Å². The van der Waals surface area contributed by atoms with Gasteiger partial charge in [0.05, 0.1) is 35.8 Å². The standard InChI is InChI=1S/C26H27N5O5S/c1-18-12-13-20(16-30(18)26(32)21-10-6-7-11-23(21)31-27-14-15-28-31)25-29-22(17-35-37(2,33)34)24(36-25)19-8-4-3-5-9-19/h3-11,14-15,18,20H,12-13,16-17H2,1-2H3. The maximum absolute atomic E-state index is 13.7. The lowest BCUT2D eigenvalue weighted by atomic mass is 9.92. The largest absolute Gasteiger partial charge is 0.440 e. The number of piperidine rings is 1. The van der Waals surface area contributed by atoms with E-state index in [0.29, 0.717) is 35.1 Å². The molecule has 0 saturated carbocycles. The highest BCUT2D eigenvalue weighted by atomic mass is 32.2. The molecule has 37 heavy (non-hydrogen) atoms. The molecular weight excluding hydrogens is 494 g/mol. The van der Waals surface area contributed by atoms with E-state index in [1.165, 1.54) is 4.80 Å². The molecule has 2 aromatic carbocycles. The summed E-state index contributed by atoms with van der Waals surface area (Å²) >= 11 is 0. The number of oxazole rings is 1. The van der Waals surface area contributed by atoms with Crippen LogP contribution < -0.4 is 0 Å². The lowest BCUT2D eigenvalue weighted by Gasteiger charge is -2.37. The summed E-state index contributed by atoms with van der Waals surface area (Å²) in [5, 5.41) is 8.37. The zero-order valence-electron chi connectivity index (χ0n) is 20.5. The van der Waals surface area contributed by atoms with E-state index in [4.69, 9.17) is 8.60 Å². The molecule has 0 aliphatic carbocycles. The molecule has 4 aromatic rings. The zero-order chi connectivity index (χ0) is 26.0. The molecule has 1 aliphatic rings. The first-order chi connectivity index (χ1) is 17.8. The molecule has 1 saturated heterocycles. The Morgan fingerprint density at radius 2 is 1.76 bits per heavy atom. The fraction of sp³-hybridized carbons (Fsp3) is 0.308. The molecule has 1 fully saturated rings. The monoisotopic (exact) mass is 521 g/mol. The van der Waals surface area contributed by atoms with Crippen LogP contribution in [0.5, 0.6) is 0 Å². The molecule has 0 N–H and O–H groups in total. The number of carbonyl (C=O) groups excluding carboxylic acids is 1. The Morgan fingerprint density at radius 1 is 1.05 bits per heavy atom. The van der Waals surface area contributed by atoms with Crippen LogP contribution in [0, 0.1) is 0 Å². The smallest absolute Gasteiger partial charge is 0.264 e. The van der Waals surface area contributed by atoms with Crippen molar-refractivity contribution >= 4 is 16.0 Å². The van der Waals surface area contributed by atoms with Crippen LogP contribution >= 0.6 is 0 Å². The quantitative estimate of drug-likeness (QED) is 0.337. The number of para-hydroxylation sites is 1. The first kappa shape index (κ1) is 24.8. The Labute approximate surface area is 215 Å². The molecule has 2 atom stereocenters. The van der Waals surface area contributed by atoms with E-state index in [1.807, 2.05) is 60.4 Å². The number of hydrogen-bond acceptors (Lipinski definition) is 8. The number of aromatic nitrogens is 4. The predicted octanol–water partition coefficient (Wildman–Crippen LogP) is 3.81. The van der Waals surface area contributed by atoms with E-state index >= 15 is 0 Å². The second-order valence-electron chi connectivity index (χ2n) is 9.08. The first-order valence-electron chi connectivity index (χ1n) is 12.0. The summed E-state index contributed by atoms with van der Waals surface area (Å²) in [6.07, 6.45) is 5.67. The normalized spacial score (nSPS) is 18.2. The van der Waals surface area contributed by atoms with E-state index < -0.39 is 10.1 Å². The van der Waals surface area contributed by atoms with E-state index in [1.54, 1.807) is 18.5 Å². The summed E-state index contributed by atoms with van der Waals surface area (Å²) in [4.78, 5) is 21.6. The average molecular weight is 522 g/mol. The summed E-state index contributed by atoms with van der Waals surface area (Å²) in [6.45, 7) is 2.20. The van der Waals surface area contributed by atoms with Crippen LogP contribution in [-0.2, 0) is 20.9 Å². The van der Waals surface area contributed by atoms with Crippen molar-refractivity contribution in [3.8, 4) is 17.0 Å². The minimum absolute atomic E-state index is 0.0129. The molecule has 5 rings (SSSR count). The topological polar surface area (TPSA) is 120 Å². The van der Waals surface area contributed by atoms with Gasteiger partial charge in [0, 0.05) is 18.2 Å². The Kier molecular flexibility index (Phi) is 6.90. The van der Waals surface area contributed by atoms with Crippen LogP contribution in [0.3, 0.4) is 0 Å². The summed E-state index contributed by atoms with van der Waals surface area (Å²) in [5.74, 6) is 0.633. The molecule has 0 bridgehead atoms. The van der Waals surface area contributed by atoms with Crippen LogP contribution in [0.25, 0.3) is 17.0 Å². The minimum Gasteiger partial charge on any atom is -0.440 e. The average Bonchev–Trinajstić information content (AvgIpc) is 3.58. The molecule has 0 spiro atoms. The highest BCUT2D eigenvalue weighted by Crippen LogP contribution is 2.35. The van der Waals surface area contributed by atoms with Crippen molar-refractivity contribution < 1.29 is 21.8 Å². The second kappa shape index (κ2) is 10.3. The Morgan fingerprint density at radius 3 is 2.49 bits per heavy atom. The van der Waals surface area contributed by atoms with Crippen molar-refractivity contribution in [3.05, 3.63) is 84.1 Å². The molecular formula is C26H27N5O5S. The van der Waals surface area contributed by atoms with Gasteiger partial charge in [-0.05, 0) is 31.9 Å². The van der Waals surface area contributed by atoms with Crippen molar-refractivity contribution in [3.63, 3.8) is 0 Å². The Balaban J connectivity index is 1.44. The number of nitrogens with zero attached hydrogens (tertiary/aromatic N) is 5. The van der Waals surface area contributed by atoms with Gasteiger partial charge in [-0.25, -0.2) is 4.98 Å². The van der Waals surface area contributed by atoms with Crippen LogP contribution in [-0.4, -0.2) is 58.0 Å². The third-order valence-corrected chi connectivity index (χ3v) is 6.97. The summed E-state index contributed by atoms with van der Waals surface area (Å²) in [6, 6.07) is 16.6. The van der Waals surface area contributed by atoms with Gasteiger partial charge in [0.25, 0.3) is 16.0 Å². The van der Waals surface area contributed by atoms with Crippen molar-refractivity contribution in [2.45, 2.75) is 38.3 Å². The fourth-order valence-electron chi connectivity index (χ4n) is 4.54. The summed E-state index contributed by atoms with van der Waals surface area (Å²) < 4.78 is 34.5. The van der Waals surface area contributed by atoms with Gasteiger partial charge in [0.15, 0.2) is 11.7 Å². The van der Waals surface area contributed by atoms with Gasteiger partial charge in [0.2, 0.25) is 0 Å². The molecule has 2 unspecified atom stereocenters. The van der Waals surface area contributed by atoms with Gasteiger partial charge in [-0.15, -0.1) is 0 Å². The van der Waals surface area contributed by atoms with E-state index in [2.05, 4.69) is 15.2 Å². The number of benzene rings is 2. The number of amides is 1. The maximum Gasteiger partial charge on any atom is 0.264 e.